The van der Waals surface area contributed by atoms with E-state index in [4.69, 9.17) is 4.98 Å². The summed E-state index contributed by atoms with van der Waals surface area (Å²) in [7, 11) is 0. The number of hydrogen-bond acceptors (Lipinski definition) is 1. The Bertz CT molecular complexity index is 351. The van der Waals surface area contributed by atoms with Crippen molar-refractivity contribution >= 4 is 0 Å². The van der Waals surface area contributed by atoms with Crippen LogP contribution in [0.4, 0.5) is 0 Å². The Balaban J connectivity index is 2.32. The molecule has 2 rings (SSSR count). The van der Waals surface area contributed by atoms with Crippen LogP contribution in [0.2, 0.25) is 0 Å². The number of aromatic nitrogens is 2. The third-order valence-electron chi connectivity index (χ3n) is 3.61. The Kier molecular flexibility index (Phi) is 3.09. The van der Waals surface area contributed by atoms with Crippen molar-refractivity contribution in [1.82, 2.24) is 9.55 Å². The fraction of sp³-hybridized carbons (Fsp3) is 0.786. The summed E-state index contributed by atoms with van der Waals surface area (Å²) in [5.41, 5.74) is 1.42. The topological polar surface area (TPSA) is 17.8 Å². The largest absolute Gasteiger partial charge is 0.332 e. The molecule has 0 amide bonds. The van der Waals surface area contributed by atoms with Gasteiger partial charge in [0.25, 0.3) is 0 Å². The molecular formula is C14H24N2. The molecular weight excluding hydrogens is 196 g/mol. The van der Waals surface area contributed by atoms with E-state index in [0.717, 1.165) is 12.5 Å². The minimum Gasteiger partial charge on any atom is -0.332 e. The highest BCUT2D eigenvalue weighted by Gasteiger charge is 2.24. The quantitative estimate of drug-likeness (QED) is 0.740. The molecule has 0 saturated heterocycles. The van der Waals surface area contributed by atoms with Crippen molar-refractivity contribution < 1.29 is 0 Å². The molecule has 1 aromatic heterocycles. The summed E-state index contributed by atoms with van der Waals surface area (Å²) in [4.78, 5) is 4.81. The fourth-order valence-corrected chi connectivity index (χ4v) is 2.55. The van der Waals surface area contributed by atoms with Crippen LogP contribution in [-0.2, 0) is 11.8 Å². The second-order valence-electron chi connectivity index (χ2n) is 5.99. The van der Waals surface area contributed by atoms with Crippen molar-refractivity contribution in [3.05, 3.63) is 17.7 Å². The van der Waals surface area contributed by atoms with Gasteiger partial charge in [-0.05, 0) is 12.8 Å². The van der Waals surface area contributed by atoms with Crippen LogP contribution in [0.25, 0.3) is 0 Å². The zero-order valence-electron chi connectivity index (χ0n) is 11.1. The van der Waals surface area contributed by atoms with Gasteiger partial charge in [-0.25, -0.2) is 4.98 Å². The maximum absolute atomic E-state index is 4.81. The van der Waals surface area contributed by atoms with E-state index in [1.54, 1.807) is 0 Å². The Morgan fingerprint density at radius 2 is 1.94 bits per heavy atom. The Morgan fingerprint density at radius 3 is 2.44 bits per heavy atom. The van der Waals surface area contributed by atoms with Gasteiger partial charge in [-0.3, -0.25) is 0 Å². The number of nitrogens with zero attached hydrogens (tertiary/aromatic N) is 2. The monoisotopic (exact) mass is 220 g/mol. The van der Waals surface area contributed by atoms with E-state index in [1.807, 2.05) is 0 Å². The summed E-state index contributed by atoms with van der Waals surface area (Å²) in [6.07, 6.45) is 8.80. The van der Waals surface area contributed by atoms with Crippen molar-refractivity contribution in [2.75, 3.05) is 0 Å². The van der Waals surface area contributed by atoms with E-state index in [0.29, 0.717) is 0 Å². The molecule has 1 aliphatic carbocycles. The minimum absolute atomic E-state index is 0.174. The Hall–Kier alpha value is -0.790. The first-order valence-corrected chi connectivity index (χ1v) is 6.60. The average Bonchev–Trinajstić information content (AvgIpc) is 2.85. The molecule has 2 heteroatoms. The highest BCUT2D eigenvalue weighted by atomic mass is 15.1. The molecule has 0 bridgehead atoms. The molecule has 0 unspecified atom stereocenters. The lowest BCUT2D eigenvalue weighted by Gasteiger charge is -2.15. The van der Waals surface area contributed by atoms with Gasteiger partial charge in [0.05, 0.1) is 5.69 Å². The molecule has 1 fully saturated rings. The molecule has 1 saturated carbocycles. The van der Waals surface area contributed by atoms with Gasteiger partial charge >= 0.3 is 0 Å². The van der Waals surface area contributed by atoms with Crippen LogP contribution in [0.3, 0.4) is 0 Å². The van der Waals surface area contributed by atoms with Crippen LogP contribution in [0.1, 0.15) is 70.9 Å². The molecule has 1 aliphatic rings. The third kappa shape index (κ3) is 2.16. The van der Waals surface area contributed by atoms with Crippen LogP contribution >= 0.6 is 0 Å². The van der Waals surface area contributed by atoms with Crippen LogP contribution in [0, 0.1) is 0 Å². The summed E-state index contributed by atoms with van der Waals surface area (Å²) in [6, 6.07) is 0.721. The first kappa shape index (κ1) is 11.7. The molecule has 0 spiro atoms. The predicted molar refractivity (Wildman–Crippen MR) is 67.8 cm³/mol. The standard InChI is InChI=1S/C14H24N2/c1-5-13-15-12(14(2,3)4)10-16(13)11-8-6-7-9-11/h10-11H,5-9H2,1-4H3. The van der Waals surface area contributed by atoms with Gasteiger partial charge < -0.3 is 4.57 Å². The lowest BCUT2D eigenvalue weighted by Crippen LogP contribution is -2.11. The molecule has 1 aromatic rings. The van der Waals surface area contributed by atoms with Gasteiger partial charge in [-0.15, -0.1) is 0 Å². The molecule has 1 heterocycles. The first-order valence-electron chi connectivity index (χ1n) is 6.60. The molecule has 2 nitrogen and oxygen atoms in total. The van der Waals surface area contributed by atoms with Gasteiger partial charge in [0, 0.05) is 24.1 Å². The van der Waals surface area contributed by atoms with E-state index in [-0.39, 0.29) is 5.41 Å². The minimum atomic E-state index is 0.174. The van der Waals surface area contributed by atoms with Gasteiger partial charge in [0.2, 0.25) is 0 Å². The maximum atomic E-state index is 4.81. The van der Waals surface area contributed by atoms with E-state index in [9.17, 15) is 0 Å². The summed E-state index contributed by atoms with van der Waals surface area (Å²) in [5.74, 6) is 1.27. The van der Waals surface area contributed by atoms with Gasteiger partial charge in [-0.1, -0.05) is 40.5 Å². The first-order chi connectivity index (χ1) is 7.52. The van der Waals surface area contributed by atoms with Gasteiger partial charge in [0.1, 0.15) is 5.82 Å². The molecule has 0 N–H and O–H groups in total. The van der Waals surface area contributed by atoms with E-state index < -0.39 is 0 Å². The molecule has 0 atom stereocenters. The Labute approximate surface area is 99.1 Å². The average molecular weight is 220 g/mol. The van der Waals surface area contributed by atoms with Crippen LogP contribution in [0.15, 0.2) is 6.20 Å². The number of rotatable bonds is 2. The van der Waals surface area contributed by atoms with Crippen molar-refractivity contribution in [1.29, 1.82) is 0 Å². The SMILES string of the molecule is CCc1nc(C(C)(C)C)cn1C1CCCC1. The zero-order valence-corrected chi connectivity index (χ0v) is 11.1. The van der Waals surface area contributed by atoms with Crippen molar-refractivity contribution in [2.45, 2.75) is 71.3 Å². The normalized spacial score (nSPS) is 18.2. The van der Waals surface area contributed by atoms with Crippen LogP contribution in [-0.4, -0.2) is 9.55 Å². The third-order valence-corrected chi connectivity index (χ3v) is 3.61. The second-order valence-corrected chi connectivity index (χ2v) is 5.99. The lowest BCUT2D eigenvalue weighted by molar-refractivity contribution is 0.498. The molecule has 0 aromatic carbocycles. The predicted octanol–water partition coefficient (Wildman–Crippen LogP) is 3.86. The highest BCUT2D eigenvalue weighted by molar-refractivity contribution is 5.14. The fourth-order valence-electron chi connectivity index (χ4n) is 2.55. The second kappa shape index (κ2) is 4.23. The molecule has 0 aliphatic heterocycles. The molecule has 16 heavy (non-hydrogen) atoms. The Morgan fingerprint density at radius 1 is 1.31 bits per heavy atom. The summed E-state index contributed by atoms with van der Waals surface area (Å²) >= 11 is 0. The lowest BCUT2D eigenvalue weighted by atomic mass is 9.93. The van der Waals surface area contributed by atoms with Gasteiger partial charge in [0.15, 0.2) is 0 Å². The van der Waals surface area contributed by atoms with E-state index in [2.05, 4.69) is 38.5 Å². The summed E-state index contributed by atoms with van der Waals surface area (Å²) in [5, 5.41) is 0. The summed E-state index contributed by atoms with van der Waals surface area (Å²) in [6.45, 7) is 8.94. The number of imidazole rings is 1. The van der Waals surface area contributed by atoms with Crippen LogP contribution < -0.4 is 0 Å². The molecule has 90 valence electrons. The number of aryl methyl sites for hydroxylation is 1. The maximum Gasteiger partial charge on any atom is 0.108 e. The number of hydrogen-bond donors (Lipinski definition) is 0. The van der Waals surface area contributed by atoms with Crippen molar-refractivity contribution in [2.24, 2.45) is 0 Å². The highest BCUT2D eigenvalue weighted by Crippen LogP contribution is 2.32. The summed E-state index contributed by atoms with van der Waals surface area (Å²) < 4.78 is 2.45. The molecule has 0 radical (unpaired) electrons. The van der Waals surface area contributed by atoms with Crippen molar-refractivity contribution in [3.8, 4) is 0 Å². The van der Waals surface area contributed by atoms with Gasteiger partial charge in [-0.2, -0.15) is 0 Å². The van der Waals surface area contributed by atoms with Crippen molar-refractivity contribution in [3.63, 3.8) is 0 Å². The zero-order chi connectivity index (χ0) is 11.8. The van der Waals surface area contributed by atoms with E-state index in [1.165, 1.54) is 37.2 Å². The smallest absolute Gasteiger partial charge is 0.108 e. The van der Waals surface area contributed by atoms with E-state index >= 15 is 0 Å². The van der Waals surface area contributed by atoms with Crippen LogP contribution in [0.5, 0.6) is 0 Å².